The van der Waals surface area contributed by atoms with E-state index in [2.05, 4.69) is 47.7 Å². The van der Waals surface area contributed by atoms with E-state index in [4.69, 9.17) is 0 Å². The van der Waals surface area contributed by atoms with Gasteiger partial charge >= 0.3 is 0 Å². The van der Waals surface area contributed by atoms with Crippen molar-refractivity contribution in [3.63, 3.8) is 0 Å². The molecule has 0 radical (unpaired) electrons. The van der Waals surface area contributed by atoms with Crippen LogP contribution in [-0.4, -0.2) is 24.1 Å². The van der Waals surface area contributed by atoms with E-state index in [0.717, 1.165) is 13.1 Å². The lowest BCUT2D eigenvalue weighted by molar-refractivity contribution is 0.479. The van der Waals surface area contributed by atoms with Crippen LogP contribution in [-0.2, 0) is 0 Å². The van der Waals surface area contributed by atoms with Crippen LogP contribution in [0.2, 0.25) is 0 Å². The van der Waals surface area contributed by atoms with Gasteiger partial charge in [-0.1, -0.05) is 6.07 Å². The maximum absolute atomic E-state index is 3.72. The quantitative estimate of drug-likeness (QED) is 0.759. The minimum Gasteiger partial charge on any atom is -0.382 e. The van der Waals surface area contributed by atoms with E-state index in [-0.39, 0.29) is 0 Å². The van der Waals surface area contributed by atoms with Crippen molar-refractivity contribution in [2.75, 3.05) is 18.4 Å². The van der Waals surface area contributed by atoms with E-state index >= 15 is 0 Å². The summed E-state index contributed by atoms with van der Waals surface area (Å²) in [5.74, 6) is 0. The van der Waals surface area contributed by atoms with Crippen LogP contribution in [0.3, 0.4) is 0 Å². The lowest BCUT2D eigenvalue weighted by Crippen LogP contribution is -2.35. The number of benzene rings is 1. The van der Waals surface area contributed by atoms with Crippen molar-refractivity contribution in [2.24, 2.45) is 0 Å². The topological polar surface area (TPSA) is 39.9 Å². The first-order valence-corrected chi connectivity index (χ1v) is 6.81. The maximum Gasteiger partial charge on any atom is 0.0479 e. The molecule has 1 aliphatic heterocycles. The molecular formula is C15H21N3. The fourth-order valence-corrected chi connectivity index (χ4v) is 2.85. The van der Waals surface area contributed by atoms with Gasteiger partial charge in [0, 0.05) is 28.3 Å². The van der Waals surface area contributed by atoms with Crippen molar-refractivity contribution in [3.05, 3.63) is 29.5 Å². The summed E-state index contributed by atoms with van der Waals surface area (Å²) >= 11 is 0. The average molecular weight is 243 g/mol. The number of aryl methyl sites for hydroxylation is 2. The largest absolute Gasteiger partial charge is 0.382 e. The monoisotopic (exact) mass is 243 g/mol. The number of piperidine rings is 1. The van der Waals surface area contributed by atoms with Gasteiger partial charge in [0.15, 0.2) is 0 Å². The van der Waals surface area contributed by atoms with E-state index in [1.54, 1.807) is 0 Å². The fourth-order valence-electron chi connectivity index (χ4n) is 2.85. The van der Waals surface area contributed by atoms with E-state index < -0.39 is 0 Å². The van der Waals surface area contributed by atoms with Crippen molar-refractivity contribution >= 4 is 16.6 Å². The van der Waals surface area contributed by atoms with Gasteiger partial charge in [0.25, 0.3) is 0 Å². The standard InChI is InChI=1S/C15H21N3/c1-10-11(2)17-13-4-3-5-14(15(10)13)18-12-6-8-16-9-7-12/h3-5,12,16-18H,6-9H2,1-2H3. The van der Waals surface area contributed by atoms with Gasteiger partial charge in [0.05, 0.1) is 0 Å². The van der Waals surface area contributed by atoms with Crippen LogP contribution in [0, 0.1) is 13.8 Å². The molecule has 3 rings (SSSR count). The average Bonchev–Trinajstić information content (AvgIpc) is 2.67. The second-order valence-electron chi connectivity index (χ2n) is 5.27. The van der Waals surface area contributed by atoms with Gasteiger partial charge in [0.1, 0.15) is 0 Å². The number of aromatic nitrogens is 1. The van der Waals surface area contributed by atoms with Crippen molar-refractivity contribution in [1.82, 2.24) is 10.3 Å². The van der Waals surface area contributed by atoms with E-state index in [9.17, 15) is 0 Å². The smallest absolute Gasteiger partial charge is 0.0479 e. The van der Waals surface area contributed by atoms with Gasteiger partial charge in [-0.15, -0.1) is 0 Å². The number of hydrogen-bond acceptors (Lipinski definition) is 2. The van der Waals surface area contributed by atoms with Crippen molar-refractivity contribution in [2.45, 2.75) is 32.7 Å². The second kappa shape index (κ2) is 4.65. The Morgan fingerprint density at radius 2 is 1.94 bits per heavy atom. The highest BCUT2D eigenvalue weighted by molar-refractivity contribution is 5.95. The Balaban J connectivity index is 1.95. The van der Waals surface area contributed by atoms with Crippen LogP contribution in [0.15, 0.2) is 18.2 Å². The molecule has 0 saturated carbocycles. The van der Waals surface area contributed by atoms with Crippen LogP contribution < -0.4 is 10.6 Å². The van der Waals surface area contributed by atoms with Gasteiger partial charge in [-0.25, -0.2) is 0 Å². The Morgan fingerprint density at radius 1 is 1.17 bits per heavy atom. The van der Waals surface area contributed by atoms with Gasteiger partial charge in [0.2, 0.25) is 0 Å². The fraction of sp³-hybridized carbons (Fsp3) is 0.467. The maximum atomic E-state index is 3.72. The summed E-state index contributed by atoms with van der Waals surface area (Å²) in [6.07, 6.45) is 2.41. The first-order valence-electron chi connectivity index (χ1n) is 6.81. The molecule has 18 heavy (non-hydrogen) atoms. The molecule has 0 spiro atoms. The first-order chi connectivity index (χ1) is 8.75. The number of nitrogens with one attached hydrogen (secondary N) is 3. The molecule has 3 heteroatoms. The molecule has 1 fully saturated rings. The summed E-state index contributed by atoms with van der Waals surface area (Å²) in [6.45, 7) is 6.59. The zero-order valence-electron chi connectivity index (χ0n) is 11.1. The van der Waals surface area contributed by atoms with Crippen LogP contribution in [0.25, 0.3) is 10.9 Å². The van der Waals surface area contributed by atoms with Gasteiger partial charge in [-0.2, -0.15) is 0 Å². The molecule has 1 aliphatic rings. The molecule has 0 unspecified atom stereocenters. The normalized spacial score (nSPS) is 17.2. The number of fused-ring (bicyclic) bond motifs is 1. The van der Waals surface area contributed by atoms with Gasteiger partial charge in [-0.3, -0.25) is 0 Å². The second-order valence-corrected chi connectivity index (χ2v) is 5.27. The van der Waals surface area contributed by atoms with E-state index in [1.807, 2.05) is 0 Å². The van der Waals surface area contributed by atoms with Gasteiger partial charge < -0.3 is 15.6 Å². The Kier molecular flexibility index (Phi) is 3.00. The molecule has 2 aromatic rings. The molecule has 3 N–H and O–H groups in total. The number of H-pyrrole nitrogens is 1. The summed E-state index contributed by atoms with van der Waals surface area (Å²) in [5.41, 5.74) is 5.15. The highest BCUT2D eigenvalue weighted by Crippen LogP contribution is 2.29. The van der Waals surface area contributed by atoms with Crippen LogP contribution >= 0.6 is 0 Å². The van der Waals surface area contributed by atoms with Gasteiger partial charge in [-0.05, 0) is 57.5 Å². The minimum absolute atomic E-state index is 0.603. The molecule has 2 heterocycles. The highest BCUT2D eigenvalue weighted by Gasteiger charge is 2.15. The highest BCUT2D eigenvalue weighted by atomic mass is 15.0. The van der Waals surface area contributed by atoms with Crippen LogP contribution in [0.1, 0.15) is 24.1 Å². The zero-order chi connectivity index (χ0) is 12.5. The summed E-state index contributed by atoms with van der Waals surface area (Å²) in [4.78, 5) is 3.45. The minimum atomic E-state index is 0.603. The lowest BCUT2D eigenvalue weighted by Gasteiger charge is -2.25. The zero-order valence-corrected chi connectivity index (χ0v) is 11.1. The number of rotatable bonds is 2. The van der Waals surface area contributed by atoms with Crippen molar-refractivity contribution in [3.8, 4) is 0 Å². The van der Waals surface area contributed by atoms with E-state index in [1.165, 1.54) is 40.7 Å². The molecule has 3 nitrogen and oxygen atoms in total. The summed E-state index contributed by atoms with van der Waals surface area (Å²) < 4.78 is 0. The summed E-state index contributed by atoms with van der Waals surface area (Å²) in [5, 5.41) is 8.48. The lowest BCUT2D eigenvalue weighted by atomic mass is 10.0. The number of aromatic amines is 1. The third-order valence-electron chi connectivity index (χ3n) is 4.02. The molecule has 1 saturated heterocycles. The molecule has 0 amide bonds. The molecule has 0 aliphatic carbocycles. The SMILES string of the molecule is Cc1[nH]c2cccc(NC3CCNCC3)c2c1C. The van der Waals surface area contributed by atoms with Crippen molar-refractivity contribution < 1.29 is 0 Å². The molecule has 0 atom stereocenters. The molecule has 0 bridgehead atoms. The molecular weight excluding hydrogens is 222 g/mol. The molecule has 1 aromatic heterocycles. The number of hydrogen-bond donors (Lipinski definition) is 3. The Bertz CT molecular complexity index is 550. The Morgan fingerprint density at radius 3 is 2.72 bits per heavy atom. The third-order valence-corrected chi connectivity index (χ3v) is 4.02. The van der Waals surface area contributed by atoms with Crippen LogP contribution in [0.4, 0.5) is 5.69 Å². The molecule has 1 aromatic carbocycles. The first kappa shape index (κ1) is 11.6. The Hall–Kier alpha value is -1.48. The van der Waals surface area contributed by atoms with E-state index in [0.29, 0.717) is 6.04 Å². The molecule has 96 valence electrons. The summed E-state index contributed by atoms with van der Waals surface area (Å²) in [6, 6.07) is 7.08. The predicted molar refractivity (Wildman–Crippen MR) is 77.3 cm³/mol. The predicted octanol–water partition coefficient (Wildman–Crippen LogP) is 2.95. The number of anilines is 1. The third kappa shape index (κ3) is 1.99. The Labute approximate surface area is 108 Å². The summed E-state index contributed by atoms with van der Waals surface area (Å²) in [7, 11) is 0. The van der Waals surface area contributed by atoms with Crippen molar-refractivity contribution in [1.29, 1.82) is 0 Å². The van der Waals surface area contributed by atoms with Crippen LogP contribution in [0.5, 0.6) is 0 Å².